The molecule has 0 atom stereocenters. The zero-order valence-electron chi connectivity index (χ0n) is 13.0. The first-order valence-electron chi connectivity index (χ1n) is 7.54. The summed E-state index contributed by atoms with van der Waals surface area (Å²) in [5.41, 5.74) is 1.05. The molecule has 0 spiro atoms. The Morgan fingerprint density at radius 1 is 1.04 bits per heavy atom. The van der Waals surface area contributed by atoms with E-state index in [0.29, 0.717) is 22.6 Å². The SMILES string of the molecule is c1cncc(Oc2ccccc2CSc2nnc(-c3cccs3)o2)c1. The molecular formula is C18H13N3O2S2. The maximum atomic E-state index is 5.92. The van der Waals surface area contributed by atoms with Crippen molar-refractivity contribution in [3.63, 3.8) is 0 Å². The maximum absolute atomic E-state index is 5.92. The minimum atomic E-state index is 0.541. The normalized spacial score (nSPS) is 10.7. The molecule has 1 aromatic carbocycles. The van der Waals surface area contributed by atoms with Crippen LogP contribution in [-0.2, 0) is 5.75 Å². The number of benzene rings is 1. The number of thiophene rings is 1. The topological polar surface area (TPSA) is 61.0 Å². The zero-order chi connectivity index (χ0) is 16.9. The van der Waals surface area contributed by atoms with E-state index in [0.717, 1.165) is 16.2 Å². The van der Waals surface area contributed by atoms with Gasteiger partial charge in [0.25, 0.3) is 11.1 Å². The highest BCUT2D eigenvalue weighted by Crippen LogP contribution is 2.32. The Bertz CT molecular complexity index is 940. The molecule has 5 nitrogen and oxygen atoms in total. The first kappa shape index (κ1) is 15.9. The lowest BCUT2D eigenvalue weighted by atomic mass is 10.2. The van der Waals surface area contributed by atoms with Crippen molar-refractivity contribution in [1.82, 2.24) is 15.2 Å². The number of para-hydroxylation sites is 1. The third-order valence-corrected chi connectivity index (χ3v) is 5.05. The second-order valence-electron chi connectivity index (χ2n) is 5.04. The highest BCUT2D eigenvalue weighted by atomic mass is 32.2. The van der Waals surface area contributed by atoms with Gasteiger partial charge in [0.1, 0.15) is 11.5 Å². The van der Waals surface area contributed by atoms with Gasteiger partial charge in [-0.25, -0.2) is 0 Å². The number of ether oxygens (including phenoxy) is 1. The number of aromatic nitrogens is 3. The van der Waals surface area contributed by atoms with Gasteiger partial charge in [-0.1, -0.05) is 36.0 Å². The predicted octanol–water partition coefficient (Wildman–Crippen LogP) is 5.28. The number of hydrogen-bond donors (Lipinski definition) is 0. The average Bonchev–Trinajstić information content (AvgIpc) is 3.33. The molecule has 0 amide bonds. The fraction of sp³-hybridized carbons (Fsp3) is 0.0556. The Hall–Kier alpha value is -2.64. The van der Waals surface area contributed by atoms with Crippen LogP contribution in [0.3, 0.4) is 0 Å². The molecule has 25 heavy (non-hydrogen) atoms. The van der Waals surface area contributed by atoms with Crippen LogP contribution < -0.4 is 4.74 Å². The van der Waals surface area contributed by atoms with Crippen molar-refractivity contribution in [3.05, 3.63) is 71.9 Å². The molecule has 0 saturated carbocycles. The van der Waals surface area contributed by atoms with Crippen LogP contribution in [-0.4, -0.2) is 15.2 Å². The zero-order valence-corrected chi connectivity index (χ0v) is 14.7. The van der Waals surface area contributed by atoms with E-state index in [-0.39, 0.29) is 0 Å². The van der Waals surface area contributed by atoms with E-state index < -0.39 is 0 Å². The Labute approximate surface area is 152 Å². The summed E-state index contributed by atoms with van der Waals surface area (Å²) in [7, 11) is 0. The third-order valence-electron chi connectivity index (χ3n) is 3.32. The summed E-state index contributed by atoms with van der Waals surface area (Å²) in [4.78, 5) is 5.04. The highest BCUT2D eigenvalue weighted by molar-refractivity contribution is 7.98. The number of thioether (sulfide) groups is 1. The minimum Gasteiger partial charge on any atom is -0.455 e. The van der Waals surface area contributed by atoms with E-state index in [1.165, 1.54) is 11.8 Å². The van der Waals surface area contributed by atoms with Crippen LogP contribution in [0, 0.1) is 0 Å². The standard InChI is InChI=1S/C18H13N3O2S2/c1-2-7-15(22-14-6-3-9-19-11-14)13(5-1)12-25-18-21-20-17(23-18)16-8-4-10-24-16/h1-11H,12H2. The van der Waals surface area contributed by atoms with E-state index in [2.05, 4.69) is 15.2 Å². The fourth-order valence-electron chi connectivity index (χ4n) is 2.16. The maximum Gasteiger partial charge on any atom is 0.277 e. The second kappa shape index (κ2) is 7.50. The van der Waals surface area contributed by atoms with Gasteiger partial charge >= 0.3 is 0 Å². The van der Waals surface area contributed by atoms with Gasteiger partial charge in [0.05, 0.1) is 11.1 Å². The molecule has 0 aliphatic carbocycles. The summed E-state index contributed by atoms with van der Waals surface area (Å²) >= 11 is 3.06. The second-order valence-corrected chi connectivity index (χ2v) is 6.91. The molecule has 0 saturated heterocycles. The predicted molar refractivity (Wildman–Crippen MR) is 97.9 cm³/mol. The first-order valence-corrected chi connectivity index (χ1v) is 9.41. The lowest BCUT2D eigenvalue weighted by molar-refractivity contribution is 0.466. The number of pyridine rings is 1. The molecule has 3 heterocycles. The van der Waals surface area contributed by atoms with Gasteiger partial charge in [-0.05, 0) is 29.6 Å². The molecule has 4 aromatic rings. The summed E-state index contributed by atoms with van der Waals surface area (Å²) < 4.78 is 11.6. The fourth-order valence-corrected chi connectivity index (χ4v) is 3.56. The van der Waals surface area contributed by atoms with Gasteiger partial charge in [0, 0.05) is 17.5 Å². The highest BCUT2D eigenvalue weighted by Gasteiger charge is 2.11. The smallest absolute Gasteiger partial charge is 0.277 e. The largest absolute Gasteiger partial charge is 0.455 e. The molecule has 0 radical (unpaired) electrons. The molecule has 0 fully saturated rings. The Morgan fingerprint density at radius 3 is 2.84 bits per heavy atom. The molecule has 0 aliphatic heterocycles. The lowest BCUT2D eigenvalue weighted by Crippen LogP contribution is -1.90. The van der Waals surface area contributed by atoms with E-state index in [1.807, 2.05) is 53.9 Å². The molecule has 4 rings (SSSR count). The van der Waals surface area contributed by atoms with Gasteiger partial charge in [0.2, 0.25) is 0 Å². The minimum absolute atomic E-state index is 0.541. The van der Waals surface area contributed by atoms with Crippen molar-refractivity contribution in [2.75, 3.05) is 0 Å². The van der Waals surface area contributed by atoms with Crippen molar-refractivity contribution < 1.29 is 9.15 Å². The van der Waals surface area contributed by atoms with Crippen molar-refractivity contribution in [2.24, 2.45) is 0 Å². The van der Waals surface area contributed by atoms with E-state index in [4.69, 9.17) is 9.15 Å². The molecule has 7 heteroatoms. The van der Waals surface area contributed by atoms with Crippen LogP contribution >= 0.6 is 23.1 Å². The molecule has 0 unspecified atom stereocenters. The molecule has 0 N–H and O–H groups in total. The molecule has 124 valence electrons. The molecule has 0 bridgehead atoms. The van der Waals surface area contributed by atoms with Crippen molar-refractivity contribution in [3.8, 4) is 22.3 Å². The van der Waals surface area contributed by atoms with Gasteiger partial charge in [0.15, 0.2) is 0 Å². The summed E-state index contributed by atoms with van der Waals surface area (Å²) in [5.74, 6) is 2.72. The lowest BCUT2D eigenvalue weighted by Gasteiger charge is -2.09. The molecular weight excluding hydrogens is 354 g/mol. The van der Waals surface area contributed by atoms with Crippen molar-refractivity contribution in [2.45, 2.75) is 11.0 Å². The first-order chi connectivity index (χ1) is 12.4. The van der Waals surface area contributed by atoms with Gasteiger partial charge < -0.3 is 9.15 Å². The van der Waals surface area contributed by atoms with Crippen LogP contribution in [0.2, 0.25) is 0 Å². The summed E-state index contributed by atoms with van der Waals surface area (Å²) in [6, 6.07) is 15.5. The van der Waals surface area contributed by atoms with E-state index in [9.17, 15) is 0 Å². The Kier molecular flexibility index (Phi) is 4.76. The van der Waals surface area contributed by atoms with E-state index in [1.54, 1.807) is 23.7 Å². The quantitative estimate of drug-likeness (QED) is 0.432. The van der Waals surface area contributed by atoms with Gasteiger partial charge in [-0.15, -0.1) is 21.5 Å². The van der Waals surface area contributed by atoms with Crippen LogP contribution in [0.25, 0.3) is 10.8 Å². The monoisotopic (exact) mass is 367 g/mol. The van der Waals surface area contributed by atoms with Gasteiger partial charge in [-0.2, -0.15) is 0 Å². The number of rotatable bonds is 6. The van der Waals surface area contributed by atoms with Gasteiger partial charge in [-0.3, -0.25) is 4.98 Å². The third kappa shape index (κ3) is 3.89. The van der Waals surface area contributed by atoms with Crippen molar-refractivity contribution >= 4 is 23.1 Å². The summed E-state index contributed by atoms with van der Waals surface area (Å²) in [6.45, 7) is 0. The summed E-state index contributed by atoms with van der Waals surface area (Å²) in [5, 5.41) is 10.7. The summed E-state index contributed by atoms with van der Waals surface area (Å²) in [6.07, 6.45) is 3.41. The van der Waals surface area contributed by atoms with Crippen LogP contribution in [0.15, 0.2) is 75.9 Å². The average molecular weight is 367 g/mol. The van der Waals surface area contributed by atoms with E-state index >= 15 is 0 Å². The molecule has 0 aliphatic rings. The van der Waals surface area contributed by atoms with Crippen LogP contribution in [0.4, 0.5) is 0 Å². The van der Waals surface area contributed by atoms with Crippen LogP contribution in [0.5, 0.6) is 11.5 Å². The Morgan fingerprint density at radius 2 is 2.00 bits per heavy atom. The van der Waals surface area contributed by atoms with Crippen LogP contribution in [0.1, 0.15) is 5.56 Å². The number of nitrogens with zero attached hydrogens (tertiary/aromatic N) is 3. The molecule has 3 aromatic heterocycles. The number of hydrogen-bond acceptors (Lipinski definition) is 7. The van der Waals surface area contributed by atoms with Crippen molar-refractivity contribution in [1.29, 1.82) is 0 Å². The Balaban J connectivity index is 1.46.